The van der Waals surface area contributed by atoms with Gasteiger partial charge in [-0.1, -0.05) is 45.3 Å². The Hall–Kier alpha value is -0.300. The molecular formula is C19H34O. The number of allylic oxidation sites excluding steroid dienone is 1. The maximum Gasteiger partial charge on any atom is 0.0723 e. The van der Waals surface area contributed by atoms with E-state index in [0.29, 0.717) is 0 Å². The Balaban J connectivity index is 0.000000704. The molecule has 0 amide bonds. The second-order valence-electron chi connectivity index (χ2n) is 7.14. The van der Waals surface area contributed by atoms with Crippen LogP contribution in [0, 0.1) is 23.7 Å². The first-order chi connectivity index (χ1) is 9.72. The molecule has 0 bridgehead atoms. The summed E-state index contributed by atoms with van der Waals surface area (Å²) in [7, 11) is 0. The van der Waals surface area contributed by atoms with Gasteiger partial charge in [-0.25, -0.2) is 0 Å². The van der Waals surface area contributed by atoms with Crippen molar-refractivity contribution < 1.29 is 5.11 Å². The number of aliphatic hydroxyl groups excluding tert-OH is 1. The lowest BCUT2D eigenvalue weighted by Crippen LogP contribution is -2.29. The molecule has 3 rings (SSSR count). The first-order valence-corrected chi connectivity index (χ1v) is 9.11. The fourth-order valence-electron chi connectivity index (χ4n) is 4.60. The molecule has 3 aliphatic rings. The molecule has 1 nitrogen and oxygen atoms in total. The molecule has 1 heteroatoms. The van der Waals surface area contributed by atoms with Crippen molar-refractivity contribution in [1.29, 1.82) is 0 Å². The lowest BCUT2D eigenvalue weighted by atomic mass is 9.65. The highest BCUT2D eigenvalue weighted by molar-refractivity contribution is 5.15. The molecule has 0 aromatic carbocycles. The minimum atomic E-state index is -0.136. The van der Waals surface area contributed by atoms with E-state index in [2.05, 4.69) is 13.0 Å². The largest absolute Gasteiger partial charge is 0.389 e. The highest BCUT2D eigenvalue weighted by atomic mass is 16.3. The van der Waals surface area contributed by atoms with Crippen molar-refractivity contribution in [3.63, 3.8) is 0 Å². The Morgan fingerprint density at radius 3 is 2.30 bits per heavy atom. The van der Waals surface area contributed by atoms with Crippen LogP contribution in [0.15, 0.2) is 11.6 Å². The molecule has 0 spiro atoms. The molecule has 0 aromatic heterocycles. The molecular weight excluding hydrogens is 244 g/mol. The average molecular weight is 278 g/mol. The first kappa shape index (κ1) is 16.1. The Kier molecular flexibility index (Phi) is 6.14. The van der Waals surface area contributed by atoms with Gasteiger partial charge in [0, 0.05) is 0 Å². The van der Waals surface area contributed by atoms with E-state index in [1.165, 1.54) is 51.4 Å². The molecule has 0 aromatic rings. The smallest absolute Gasteiger partial charge is 0.0723 e. The summed E-state index contributed by atoms with van der Waals surface area (Å²) in [4.78, 5) is 0. The molecule has 3 unspecified atom stereocenters. The topological polar surface area (TPSA) is 20.2 Å². The molecule has 3 atom stereocenters. The van der Waals surface area contributed by atoms with Gasteiger partial charge in [0.15, 0.2) is 0 Å². The molecule has 2 saturated carbocycles. The van der Waals surface area contributed by atoms with Gasteiger partial charge < -0.3 is 5.11 Å². The van der Waals surface area contributed by atoms with E-state index < -0.39 is 0 Å². The van der Waals surface area contributed by atoms with Gasteiger partial charge in [-0.3, -0.25) is 0 Å². The van der Waals surface area contributed by atoms with E-state index in [0.717, 1.165) is 30.1 Å². The fourth-order valence-corrected chi connectivity index (χ4v) is 4.60. The van der Waals surface area contributed by atoms with Crippen LogP contribution in [0.3, 0.4) is 0 Å². The van der Waals surface area contributed by atoms with Crippen molar-refractivity contribution in [2.75, 3.05) is 0 Å². The molecule has 0 heterocycles. The van der Waals surface area contributed by atoms with Crippen molar-refractivity contribution in [2.45, 2.75) is 84.7 Å². The summed E-state index contributed by atoms with van der Waals surface area (Å²) >= 11 is 0. The first-order valence-electron chi connectivity index (χ1n) is 9.11. The predicted molar refractivity (Wildman–Crippen MR) is 86.6 cm³/mol. The molecule has 20 heavy (non-hydrogen) atoms. The van der Waals surface area contributed by atoms with Crippen molar-refractivity contribution in [1.82, 2.24) is 0 Å². The van der Waals surface area contributed by atoms with Crippen LogP contribution < -0.4 is 0 Å². The van der Waals surface area contributed by atoms with Gasteiger partial charge in [-0.2, -0.15) is 0 Å². The molecule has 0 saturated heterocycles. The summed E-state index contributed by atoms with van der Waals surface area (Å²) in [6.45, 7) is 6.42. The second kappa shape index (κ2) is 7.64. The maximum atomic E-state index is 9.72. The summed E-state index contributed by atoms with van der Waals surface area (Å²) in [5.74, 6) is 3.82. The van der Waals surface area contributed by atoms with Crippen LogP contribution >= 0.6 is 0 Å². The predicted octanol–water partition coefficient (Wildman–Crippen LogP) is 5.34. The zero-order valence-electron chi connectivity index (χ0n) is 13.8. The molecule has 116 valence electrons. The number of aliphatic hydroxyl groups is 1. The molecule has 2 fully saturated rings. The maximum absolute atomic E-state index is 9.72. The van der Waals surface area contributed by atoms with Crippen LogP contribution in [0.4, 0.5) is 0 Å². The van der Waals surface area contributed by atoms with E-state index >= 15 is 0 Å². The molecule has 0 radical (unpaired) electrons. The van der Waals surface area contributed by atoms with Crippen LogP contribution in [-0.4, -0.2) is 11.2 Å². The van der Waals surface area contributed by atoms with Crippen LogP contribution in [0.25, 0.3) is 0 Å². The number of rotatable bonds is 1. The van der Waals surface area contributed by atoms with Gasteiger partial charge in [0.2, 0.25) is 0 Å². The van der Waals surface area contributed by atoms with Crippen molar-refractivity contribution >= 4 is 0 Å². The lowest BCUT2D eigenvalue weighted by Gasteiger charge is -2.40. The standard InChI is InChI=1S/C17H28O.C2H6/c1-12-2-4-13(5-3-12)14-6-7-16-11-17(18)9-8-15(16)10-14;1-2/h11-15,17-18H,2-10H2,1H3;1-2H3. The summed E-state index contributed by atoms with van der Waals surface area (Å²) in [5.41, 5.74) is 1.59. The van der Waals surface area contributed by atoms with E-state index in [1.807, 2.05) is 13.8 Å². The van der Waals surface area contributed by atoms with Crippen LogP contribution in [0.2, 0.25) is 0 Å². The van der Waals surface area contributed by atoms with E-state index in [4.69, 9.17) is 0 Å². The SMILES string of the molecule is CC.CC1CCC(C2CCC3=CC(O)CCC3C2)CC1. The Bertz CT molecular complexity index is 312. The third kappa shape index (κ3) is 3.87. The molecule has 1 N–H and O–H groups in total. The highest BCUT2D eigenvalue weighted by Gasteiger charge is 2.34. The van der Waals surface area contributed by atoms with Gasteiger partial charge in [0.25, 0.3) is 0 Å². The monoisotopic (exact) mass is 278 g/mol. The van der Waals surface area contributed by atoms with Gasteiger partial charge in [-0.15, -0.1) is 0 Å². The minimum absolute atomic E-state index is 0.136. The van der Waals surface area contributed by atoms with Crippen LogP contribution in [0.5, 0.6) is 0 Å². The van der Waals surface area contributed by atoms with E-state index in [1.54, 1.807) is 5.57 Å². The van der Waals surface area contributed by atoms with Gasteiger partial charge in [-0.05, 0) is 68.6 Å². The molecule has 3 aliphatic carbocycles. The molecule has 0 aliphatic heterocycles. The van der Waals surface area contributed by atoms with E-state index in [-0.39, 0.29) is 6.10 Å². The second-order valence-corrected chi connectivity index (χ2v) is 7.14. The Morgan fingerprint density at radius 1 is 0.900 bits per heavy atom. The zero-order valence-corrected chi connectivity index (χ0v) is 13.8. The third-order valence-electron chi connectivity index (χ3n) is 5.86. The quantitative estimate of drug-likeness (QED) is 0.642. The van der Waals surface area contributed by atoms with E-state index in [9.17, 15) is 5.11 Å². The third-order valence-corrected chi connectivity index (χ3v) is 5.86. The Labute approximate surface area is 125 Å². The average Bonchev–Trinajstić information content (AvgIpc) is 2.49. The van der Waals surface area contributed by atoms with Crippen LogP contribution in [0.1, 0.15) is 78.6 Å². The van der Waals surface area contributed by atoms with Crippen molar-refractivity contribution in [3.05, 3.63) is 11.6 Å². The highest BCUT2D eigenvalue weighted by Crippen LogP contribution is 2.45. The zero-order chi connectivity index (χ0) is 14.5. The number of fused-ring (bicyclic) bond motifs is 1. The summed E-state index contributed by atoms with van der Waals surface area (Å²) in [6, 6.07) is 0. The summed E-state index contributed by atoms with van der Waals surface area (Å²) in [6.07, 6.45) is 14.3. The minimum Gasteiger partial charge on any atom is -0.389 e. The number of hydrogen-bond acceptors (Lipinski definition) is 1. The van der Waals surface area contributed by atoms with Crippen LogP contribution in [-0.2, 0) is 0 Å². The number of hydrogen-bond donors (Lipinski definition) is 1. The summed E-state index contributed by atoms with van der Waals surface area (Å²) in [5, 5.41) is 9.72. The van der Waals surface area contributed by atoms with Gasteiger partial charge in [0.1, 0.15) is 0 Å². The Morgan fingerprint density at radius 2 is 1.60 bits per heavy atom. The van der Waals surface area contributed by atoms with Gasteiger partial charge >= 0.3 is 0 Å². The normalized spacial score (nSPS) is 41.0. The van der Waals surface area contributed by atoms with Crippen molar-refractivity contribution in [2.24, 2.45) is 23.7 Å². The summed E-state index contributed by atoms with van der Waals surface area (Å²) < 4.78 is 0. The fraction of sp³-hybridized carbons (Fsp3) is 0.895. The lowest BCUT2D eigenvalue weighted by molar-refractivity contribution is 0.139. The van der Waals surface area contributed by atoms with Gasteiger partial charge in [0.05, 0.1) is 6.10 Å². The van der Waals surface area contributed by atoms with Crippen molar-refractivity contribution in [3.8, 4) is 0 Å².